The van der Waals surface area contributed by atoms with Crippen molar-refractivity contribution >= 4 is 5.82 Å². The first kappa shape index (κ1) is 11.3. The van der Waals surface area contributed by atoms with E-state index in [1.54, 1.807) is 24.3 Å². The molecular formula is C12H14N4O. The van der Waals surface area contributed by atoms with Gasteiger partial charge in [0, 0.05) is 17.3 Å². The first-order valence-corrected chi connectivity index (χ1v) is 5.37. The summed E-state index contributed by atoms with van der Waals surface area (Å²) in [7, 11) is 0. The zero-order chi connectivity index (χ0) is 12.3. The number of nitrogens with one attached hydrogen (secondary N) is 1. The van der Waals surface area contributed by atoms with E-state index in [-0.39, 0.29) is 5.75 Å². The molecule has 0 amide bonds. The summed E-state index contributed by atoms with van der Waals surface area (Å²) >= 11 is 0. The molecule has 2 aromatic rings. The number of anilines is 1. The first-order valence-electron chi connectivity index (χ1n) is 5.37. The molecule has 2 rings (SSSR count). The van der Waals surface area contributed by atoms with E-state index in [2.05, 4.69) is 15.4 Å². The summed E-state index contributed by atoms with van der Waals surface area (Å²) in [6.45, 7) is 2.02. The molecule has 1 aromatic heterocycles. The van der Waals surface area contributed by atoms with Crippen molar-refractivity contribution in [3.8, 4) is 17.1 Å². The molecule has 4 N–H and O–H groups in total. The van der Waals surface area contributed by atoms with Crippen LogP contribution in [0.2, 0.25) is 0 Å². The number of phenols is 1. The monoisotopic (exact) mass is 230 g/mol. The van der Waals surface area contributed by atoms with E-state index in [0.717, 1.165) is 17.7 Å². The van der Waals surface area contributed by atoms with Gasteiger partial charge in [0.15, 0.2) is 5.82 Å². The Kier molecular flexibility index (Phi) is 3.20. The van der Waals surface area contributed by atoms with Crippen LogP contribution in [0, 0.1) is 0 Å². The van der Waals surface area contributed by atoms with Gasteiger partial charge in [-0.2, -0.15) is 0 Å². The van der Waals surface area contributed by atoms with E-state index < -0.39 is 0 Å². The number of hydrazine groups is 1. The molecule has 0 spiro atoms. The third kappa shape index (κ3) is 2.51. The Morgan fingerprint density at radius 1 is 1.24 bits per heavy atom. The third-order valence-corrected chi connectivity index (χ3v) is 2.41. The van der Waals surface area contributed by atoms with Gasteiger partial charge in [-0.15, -0.1) is 0 Å². The fourth-order valence-electron chi connectivity index (χ4n) is 1.49. The number of hydrogen-bond donors (Lipinski definition) is 3. The summed E-state index contributed by atoms with van der Waals surface area (Å²) in [5, 5.41) is 9.23. The first-order chi connectivity index (χ1) is 8.22. The number of aryl methyl sites for hydroxylation is 1. The lowest BCUT2D eigenvalue weighted by Crippen LogP contribution is -2.10. The highest BCUT2D eigenvalue weighted by atomic mass is 16.3. The van der Waals surface area contributed by atoms with Crippen molar-refractivity contribution in [1.82, 2.24) is 9.97 Å². The Hall–Kier alpha value is -2.14. The maximum Gasteiger partial charge on any atom is 0.161 e. The van der Waals surface area contributed by atoms with Crippen LogP contribution in [-0.2, 0) is 6.42 Å². The Morgan fingerprint density at radius 3 is 2.53 bits per heavy atom. The summed E-state index contributed by atoms with van der Waals surface area (Å²) < 4.78 is 0. The molecule has 0 aliphatic heterocycles. The molecule has 0 saturated heterocycles. The molecular weight excluding hydrogens is 216 g/mol. The van der Waals surface area contributed by atoms with Crippen molar-refractivity contribution in [3.05, 3.63) is 36.0 Å². The summed E-state index contributed by atoms with van der Waals surface area (Å²) in [4.78, 5) is 8.68. The van der Waals surface area contributed by atoms with Crippen molar-refractivity contribution < 1.29 is 5.11 Å². The van der Waals surface area contributed by atoms with E-state index in [4.69, 9.17) is 5.84 Å². The summed E-state index contributed by atoms with van der Waals surface area (Å²) in [5.74, 6) is 6.76. The van der Waals surface area contributed by atoms with Crippen molar-refractivity contribution in [3.63, 3.8) is 0 Å². The number of nitrogen functional groups attached to an aromatic ring is 1. The Labute approximate surface area is 99.3 Å². The van der Waals surface area contributed by atoms with Crippen LogP contribution in [0.25, 0.3) is 11.4 Å². The number of phenolic OH excluding ortho intramolecular Hbond substituents is 1. The standard InChI is InChI=1S/C12H14N4O/c1-2-9-7-11(16-13)15-12(14-9)8-3-5-10(17)6-4-8/h3-7,17H,2,13H2,1H3,(H,14,15,16). The van der Waals surface area contributed by atoms with Crippen LogP contribution in [0.1, 0.15) is 12.6 Å². The second kappa shape index (κ2) is 4.80. The topological polar surface area (TPSA) is 84.1 Å². The van der Waals surface area contributed by atoms with Crippen molar-refractivity contribution in [2.45, 2.75) is 13.3 Å². The minimum Gasteiger partial charge on any atom is -0.508 e. The van der Waals surface area contributed by atoms with Crippen molar-refractivity contribution in [2.24, 2.45) is 5.84 Å². The van der Waals surface area contributed by atoms with Gasteiger partial charge in [-0.3, -0.25) is 0 Å². The van der Waals surface area contributed by atoms with Crippen LogP contribution >= 0.6 is 0 Å². The smallest absolute Gasteiger partial charge is 0.161 e. The number of benzene rings is 1. The highest BCUT2D eigenvalue weighted by molar-refractivity contribution is 5.58. The number of nitrogens with zero attached hydrogens (tertiary/aromatic N) is 2. The maximum absolute atomic E-state index is 9.23. The number of hydrogen-bond acceptors (Lipinski definition) is 5. The SMILES string of the molecule is CCc1cc(NN)nc(-c2ccc(O)cc2)n1. The van der Waals surface area contributed by atoms with Crippen LogP contribution in [0.5, 0.6) is 5.75 Å². The van der Waals surface area contributed by atoms with Crippen LogP contribution < -0.4 is 11.3 Å². The van der Waals surface area contributed by atoms with Gasteiger partial charge in [-0.1, -0.05) is 6.92 Å². The van der Waals surface area contributed by atoms with E-state index in [9.17, 15) is 5.11 Å². The average Bonchev–Trinajstić information content (AvgIpc) is 2.39. The van der Waals surface area contributed by atoms with Gasteiger partial charge >= 0.3 is 0 Å². The molecule has 1 aromatic carbocycles. The fourth-order valence-corrected chi connectivity index (χ4v) is 1.49. The predicted octanol–water partition coefficient (Wildman–Crippen LogP) is 1.70. The molecule has 5 nitrogen and oxygen atoms in total. The quantitative estimate of drug-likeness (QED) is 0.552. The van der Waals surface area contributed by atoms with E-state index in [1.807, 2.05) is 13.0 Å². The lowest BCUT2D eigenvalue weighted by Gasteiger charge is -2.06. The maximum atomic E-state index is 9.23. The Morgan fingerprint density at radius 2 is 1.94 bits per heavy atom. The van der Waals surface area contributed by atoms with Crippen LogP contribution in [-0.4, -0.2) is 15.1 Å². The highest BCUT2D eigenvalue weighted by Crippen LogP contribution is 2.20. The molecule has 88 valence electrons. The lowest BCUT2D eigenvalue weighted by molar-refractivity contribution is 0.475. The number of aromatic hydroxyl groups is 1. The molecule has 0 atom stereocenters. The molecule has 17 heavy (non-hydrogen) atoms. The van der Waals surface area contributed by atoms with Crippen molar-refractivity contribution in [2.75, 3.05) is 5.43 Å². The molecule has 0 saturated carbocycles. The highest BCUT2D eigenvalue weighted by Gasteiger charge is 2.05. The van der Waals surface area contributed by atoms with Gasteiger partial charge in [0.05, 0.1) is 0 Å². The molecule has 1 heterocycles. The van der Waals surface area contributed by atoms with Crippen LogP contribution in [0.3, 0.4) is 0 Å². The van der Waals surface area contributed by atoms with Gasteiger partial charge in [0.2, 0.25) is 0 Å². The molecule has 0 radical (unpaired) electrons. The van der Waals surface area contributed by atoms with E-state index in [1.165, 1.54) is 0 Å². The van der Waals surface area contributed by atoms with Gasteiger partial charge in [0.1, 0.15) is 11.6 Å². The summed E-state index contributed by atoms with van der Waals surface area (Å²) in [5.41, 5.74) is 4.28. The molecule has 0 bridgehead atoms. The van der Waals surface area contributed by atoms with Crippen molar-refractivity contribution in [1.29, 1.82) is 0 Å². The molecule has 0 fully saturated rings. The summed E-state index contributed by atoms with van der Waals surface area (Å²) in [6, 6.07) is 8.55. The van der Waals surface area contributed by atoms with Crippen LogP contribution in [0.4, 0.5) is 5.82 Å². The zero-order valence-electron chi connectivity index (χ0n) is 9.51. The minimum absolute atomic E-state index is 0.220. The second-order valence-corrected chi connectivity index (χ2v) is 3.61. The third-order valence-electron chi connectivity index (χ3n) is 2.41. The van der Waals surface area contributed by atoms with Crippen LogP contribution in [0.15, 0.2) is 30.3 Å². The lowest BCUT2D eigenvalue weighted by atomic mass is 10.2. The predicted molar refractivity (Wildman–Crippen MR) is 66.3 cm³/mol. The molecule has 0 aliphatic carbocycles. The number of nitrogens with two attached hydrogens (primary N) is 1. The second-order valence-electron chi connectivity index (χ2n) is 3.61. The minimum atomic E-state index is 0.220. The van der Waals surface area contributed by atoms with E-state index >= 15 is 0 Å². The number of rotatable bonds is 3. The van der Waals surface area contributed by atoms with E-state index in [0.29, 0.717) is 11.6 Å². The number of aromatic nitrogens is 2. The molecule has 0 aliphatic rings. The average molecular weight is 230 g/mol. The van der Waals surface area contributed by atoms with Gasteiger partial charge < -0.3 is 10.5 Å². The Balaban J connectivity index is 2.46. The fraction of sp³-hybridized carbons (Fsp3) is 0.167. The largest absolute Gasteiger partial charge is 0.508 e. The zero-order valence-corrected chi connectivity index (χ0v) is 9.51. The molecule has 0 unspecified atom stereocenters. The van der Waals surface area contributed by atoms with Gasteiger partial charge in [0.25, 0.3) is 0 Å². The van der Waals surface area contributed by atoms with Gasteiger partial charge in [-0.05, 0) is 30.7 Å². The van der Waals surface area contributed by atoms with Gasteiger partial charge in [-0.25, -0.2) is 15.8 Å². The Bertz CT molecular complexity index is 488. The molecule has 5 heteroatoms. The normalized spacial score (nSPS) is 10.2. The summed E-state index contributed by atoms with van der Waals surface area (Å²) in [6.07, 6.45) is 0.808.